The van der Waals surface area contributed by atoms with E-state index in [-0.39, 0.29) is 5.69 Å². The van der Waals surface area contributed by atoms with E-state index in [9.17, 15) is 18.0 Å². The number of hydrogen-bond acceptors (Lipinski definition) is 3. The monoisotopic (exact) mass is 299 g/mol. The lowest BCUT2D eigenvalue weighted by atomic mass is 10.3. The van der Waals surface area contributed by atoms with Gasteiger partial charge in [0.15, 0.2) is 0 Å². The van der Waals surface area contributed by atoms with Crippen LogP contribution in [0.1, 0.15) is 11.5 Å². The molecule has 0 saturated carbocycles. The summed E-state index contributed by atoms with van der Waals surface area (Å²) in [4.78, 5) is 11.6. The molecule has 0 bridgehead atoms. The fraction of sp³-hybridized carbons (Fsp3) is 0.231. The molecule has 0 aliphatic rings. The van der Waals surface area contributed by atoms with Gasteiger partial charge in [0.05, 0.1) is 11.9 Å². The smallest absolute Gasteiger partial charge is 0.408 e. The van der Waals surface area contributed by atoms with Crippen LogP contribution in [-0.2, 0) is 11.3 Å². The van der Waals surface area contributed by atoms with Gasteiger partial charge in [-0.05, 0) is 25.1 Å². The largest absolute Gasteiger partial charge is 0.462 e. The van der Waals surface area contributed by atoms with Gasteiger partial charge in [-0.1, -0.05) is 0 Å². The summed E-state index contributed by atoms with van der Waals surface area (Å²) in [6.07, 6.45) is 0.580. The Morgan fingerprint density at radius 2 is 2.24 bits per heavy atom. The molecule has 0 aromatic carbocycles. The molecule has 2 aromatic rings. The summed E-state index contributed by atoms with van der Waals surface area (Å²) in [7, 11) is 0. The first-order chi connectivity index (χ1) is 9.82. The summed E-state index contributed by atoms with van der Waals surface area (Å²) in [5, 5.41) is 5.92. The molecule has 0 aliphatic carbocycles. The fourth-order valence-corrected chi connectivity index (χ4v) is 1.58. The molecule has 112 valence electrons. The molecule has 0 atom stereocenters. The molecule has 2 heterocycles. The topological polar surface area (TPSA) is 60.1 Å². The van der Waals surface area contributed by atoms with Crippen LogP contribution >= 0.6 is 0 Å². The second-order valence-electron chi connectivity index (χ2n) is 4.31. The number of furan rings is 1. The first-order valence-corrected chi connectivity index (χ1v) is 5.96. The summed E-state index contributed by atoms with van der Waals surface area (Å²) >= 11 is 0. The zero-order valence-corrected chi connectivity index (χ0v) is 11.0. The van der Waals surface area contributed by atoms with E-state index >= 15 is 0 Å². The summed E-state index contributed by atoms with van der Waals surface area (Å²) in [5.41, 5.74) is 0.185. The first kappa shape index (κ1) is 14.9. The molecule has 5 nitrogen and oxygen atoms in total. The van der Waals surface area contributed by atoms with Crippen molar-refractivity contribution in [3.05, 3.63) is 42.1 Å². The molecule has 2 aromatic heterocycles. The van der Waals surface area contributed by atoms with Gasteiger partial charge in [-0.3, -0.25) is 9.48 Å². The molecular formula is C13H12F3N3O2. The molecule has 0 spiro atoms. The Labute approximate surface area is 118 Å². The number of nitrogens with zero attached hydrogens (tertiary/aromatic N) is 2. The van der Waals surface area contributed by atoms with Gasteiger partial charge in [0.1, 0.15) is 18.1 Å². The van der Waals surface area contributed by atoms with Crippen molar-refractivity contribution in [3.63, 3.8) is 0 Å². The van der Waals surface area contributed by atoms with Crippen LogP contribution in [0.2, 0.25) is 0 Å². The maximum absolute atomic E-state index is 12.2. The Balaban J connectivity index is 1.92. The minimum Gasteiger partial charge on any atom is -0.462 e. The van der Waals surface area contributed by atoms with E-state index in [2.05, 4.69) is 10.4 Å². The Morgan fingerprint density at radius 3 is 2.86 bits per heavy atom. The van der Waals surface area contributed by atoms with Gasteiger partial charge in [-0.25, -0.2) is 0 Å². The molecule has 0 saturated heterocycles. The van der Waals surface area contributed by atoms with E-state index in [1.54, 1.807) is 19.1 Å². The van der Waals surface area contributed by atoms with E-state index in [0.29, 0.717) is 16.2 Å². The molecule has 0 aliphatic heterocycles. The molecule has 21 heavy (non-hydrogen) atoms. The Bertz CT molecular complexity index is 656. The summed E-state index contributed by atoms with van der Waals surface area (Å²) < 4.78 is 42.4. The van der Waals surface area contributed by atoms with Crippen molar-refractivity contribution in [2.24, 2.45) is 0 Å². The summed E-state index contributed by atoms with van der Waals surface area (Å²) in [6.45, 7) is 0.566. The standard InChI is InChI=1S/C13H12F3N3O2/c1-9-2-3-11(21-9)4-5-12(20)18-10-6-17-19(7-10)8-13(14,15)16/h2-7H,8H2,1H3,(H,18,20)/b5-4+. The minimum atomic E-state index is -4.36. The lowest BCUT2D eigenvalue weighted by Crippen LogP contribution is -2.17. The van der Waals surface area contributed by atoms with Crippen LogP contribution in [0.25, 0.3) is 6.08 Å². The van der Waals surface area contributed by atoms with Crippen LogP contribution in [0.4, 0.5) is 18.9 Å². The van der Waals surface area contributed by atoms with Crippen molar-refractivity contribution < 1.29 is 22.4 Å². The average Bonchev–Trinajstić information content (AvgIpc) is 2.94. The van der Waals surface area contributed by atoms with Crippen molar-refractivity contribution in [2.45, 2.75) is 19.6 Å². The fourth-order valence-electron chi connectivity index (χ4n) is 1.58. The SMILES string of the molecule is Cc1ccc(/C=C/C(=O)Nc2cnn(CC(F)(F)F)c2)o1. The van der Waals surface area contributed by atoms with Crippen LogP contribution in [0.5, 0.6) is 0 Å². The summed E-state index contributed by atoms with van der Waals surface area (Å²) in [6, 6.07) is 3.44. The number of anilines is 1. The number of carbonyl (C=O) groups excluding carboxylic acids is 1. The summed E-state index contributed by atoms with van der Waals surface area (Å²) in [5.74, 6) is 0.731. The van der Waals surface area contributed by atoms with Crippen LogP contribution in [0.3, 0.4) is 0 Å². The number of aromatic nitrogens is 2. The van der Waals surface area contributed by atoms with E-state index in [1.165, 1.54) is 12.2 Å². The normalized spacial score (nSPS) is 12.0. The van der Waals surface area contributed by atoms with E-state index in [4.69, 9.17) is 4.42 Å². The average molecular weight is 299 g/mol. The Kier molecular flexibility index (Phi) is 4.15. The number of rotatable bonds is 4. The highest BCUT2D eigenvalue weighted by molar-refractivity contribution is 6.01. The van der Waals surface area contributed by atoms with Crippen LogP contribution in [-0.4, -0.2) is 21.9 Å². The zero-order chi connectivity index (χ0) is 15.5. The molecule has 1 amide bonds. The van der Waals surface area contributed by atoms with E-state index in [1.807, 2.05) is 0 Å². The van der Waals surface area contributed by atoms with Gasteiger partial charge in [0.2, 0.25) is 5.91 Å². The van der Waals surface area contributed by atoms with Crippen molar-refractivity contribution >= 4 is 17.7 Å². The minimum absolute atomic E-state index is 0.185. The predicted molar refractivity (Wildman–Crippen MR) is 69.4 cm³/mol. The van der Waals surface area contributed by atoms with Crippen LogP contribution in [0, 0.1) is 6.92 Å². The number of aryl methyl sites for hydroxylation is 1. The van der Waals surface area contributed by atoms with E-state index in [0.717, 1.165) is 12.4 Å². The molecule has 0 unspecified atom stereocenters. The van der Waals surface area contributed by atoms with Gasteiger partial charge >= 0.3 is 6.18 Å². The predicted octanol–water partition coefficient (Wildman–Crippen LogP) is 3.00. The second-order valence-corrected chi connectivity index (χ2v) is 4.31. The molecule has 8 heteroatoms. The van der Waals surface area contributed by atoms with Gasteiger partial charge in [-0.15, -0.1) is 0 Å². The van der Waals surface area contributed by atoms with Crippen LogP contribution in [0.15, 0.2) is 35.0 Å². The molecule has 0 radical (unpaired) electrons. The number of carbonyl (C=O) groups is 1. The van der Waals surface area contributed by atoms with Crippen molar-refractivity contribution in [1.82, 2.24) is 9.78 Å². The second kappa shape index (κ2) is 5.86. The highest BCUT2D eigenvalue weighted by Gasteiger charge is 2.28. The first-order valence-electron chi connectivity index (χ1n) is 5.96. The zero-order valence-electron chi connectivity index (χ0n) is 11.0. The van der Waals surface area contributed by atoms with Gasteiger partial charge in [-0.2, -0.15) is 18.3 Å². The van der Waals surface area contributed by atoms with Gasteiger partial charge in [0.25, 0.3) is 0 Å². The van der Waals surface area contributed by atoms with Crippen molar-refractivity contribution in [2.75, 3.05) is 5.32 Å². The van der Waals surface area contributed by atoms with E-state index < -0.39 is 18.6 Å². The van der Waals surface area contributed by atoms with Crippen molar-refractivity contribution in [3.8, 4) is 0 Å². The van der Waals surface area contributed by atoms with Crippen LogP contribution < -0.4 is 5.32 Å². The third kappa shape index (κ3) is 4.83. The number of alkyl halides is 3. The lowest BCUT2D eigenvalue weighted by molar-refractivity contribution is -0.142. The number of hydrogen-bond donors (Lipinski definition) is 1. The van der Waals surface area contributed by atoms with Crippen molar-refractivity contribution in [1.29, 1.82) is 0 Å². The Hall–Kier alpha value is -2.51. The number of nitrogens with one attached hydrogen (secondary N) is 1. The number of amides is 1. The molecular weight excluding hydrogens is 287 g/mol. The highest BCUT2D eigenvalue weighted by atomic mass is 19.4. The van der Waals surface area contributed by atoms with Gasteiger partial charge < -0.3 is 9.73 Å². The third-order valence-corrected chi connectivity index (χ3v) is 2.40. The quantitative estimate of drug-likeness (QED) is 0.883. The van der Waals surface area contributed by atoms with Gasteiger partial charge in [0, 0.05) is 12.3 Å². The lowest BCUT2D eigenvalue weighted by Gasteiger charge is -2.04. The molecule has 0 fully saturated rings. The highest BCUT2D eigenvalue weighted by Crippen LogP contribution is 2.18. The number of halogens is 3. The molecule has 1 N–H and O–H groups in total. The Morgan fingerprint density at radius 1 is 1.48 bits per heavy atom. The maximum Gasteiger partial charge on any atom is 0.408 e. The third-order valence-electron chi connectivity index (χ3n) is 2.40. The molecule has 2 rings (SSSR count). The maximum atomic E-state index is 12.2.